The van der Waals surface area contributed by atoms with E-state index in [1.54, 1.807) is 0 Å². The molecule has 4 aromatic carbocycles. The van der Waals surface area contributed by atoms with Gasteiger partial charge < -0.3 is 4.57 Å². The molecule has 0 unspecified atom stereocenters. The number of aromatic nitrogens is 1. The maximum absolute atomic E-state index is 2.36. The first-order valence-corrected chi connectivity index (χ1v) is 8.56. The summed E-state index contributed by atoms with van der Waals surface area (Å²) in [5.74, 6) is 0. The molecular weight excluding hydrogens is 302 g/mol. The van der Waals surface area contributed by atoms with Gasteiger partial charge in [0, 0.05) is 16.5 Å². The van der Waals surface area contributed by atoms with Crippen LogP contribution in [0.3, 0.4) is 0 Å². The Balaban J connectivity index is 1.96. The molecule has 5 rings (SSSR count). The highest BCUT2D eigenvalue weighted by Gasteiger charge is 2.15. The van der Waals surface area contributed by atoms with Crippen molar-refractivity contribution >= 4 is 21.8 Å². The highest BCUT2D eigenvalue weighted by Crippen LogP contribution is 2.38. The zero-order valence-electron chi connectivity index (χ0n) is 13.8. The lowest BCUT2D eigenvalue weighted by atomic mass is 9.99. The van der Waals surface area contributed by atoms with E-state index < -0.39 is 0 Å². The largest absolute Gasteiger partial charge is 0.309 e. The van der Waals surface area contributed by atoms with Gasteiger partial charge in [0.15, 0.2) is 0 Å². The molecule has 25 heavy (non-hydrogen) atoms. The van der Waals surface area contributed by atoms with Gasteiger partial charge in [-0.15, -0.1) is 0 Å². The summed E-state index contributed by atoms with van der Waals surface area (Å²) in [6.07, 6.45) is 0. The number of hydrogen-bond donors (Lipinski definition) is 0. The van der Waals surface area contributed by atoms with Crippen LogP contribution in [0.25, 0.3) is 38.6 Å². The smallest absolute Gasteiger partial charge is 0.0547 e. The fraction of sp³-hybridized carbons (Fsp3) is 0. The van der Waals surface area contributed by atoms with Crippen molar-refractivity contribution in [3.8, 4) is 16.8 Å². The lowest BCUT2D eigenvalue weighted by molar-refractivity contribution is 1.18. The highest BCUT2D eigenvalue weighted by molar-refractivity contribution is 6.15. The Morgan fingerprint density at radius 2 is 1.12 bits per heavy atom. The number of fused-ring (bicyclic) bond motifs is 3. The normalized spacial score (nSPS) is 11.2. The SMILES string of the molecule is c1ccc(-c2cccc3c2c2ccccc2n3-c2ccccc2)cc1. The molecule has 118 valence electrons. The second kappa shape index (κ2) is 5.64. The topological polar surface area (TPSA) is 4.93 Å². The summed E-state index contributed by atoms with van der Waals surface area (Å²) in [7, 11) is 0. The molecule has 0 bridgehead atoms. The monoisotopic (exact) mass is 319 g/mol. The minimum atomic E-state index is 1.19. The van der Waals surface area contributed by atoms with E-state index in [1.165, 1.54) is 38.6 Å². The Labute approximate surface area is 146 Å². The van der Waals surface area contributed by atoms with Gasteiger partial charge in [0.25, 0.3) is 0 Å². The number of rotatable bonds is 2. The Hall–Kier alpha value is -3.32. The maximum atomic E-state index is 2.36. The lowest BCUT2D eigenvalue weighted by Gasteiger charge is -2.08. The number of para-hydroxylation sites is 2. The molecule has 0 amide bonds. The van der Waals surface area contributed by atoms with Gasteiger partial charge in [-0.05, 0) is 35.4 Å². The summed E-state index contributed by atoms with van der Waals surface area (Å²) in [5.41, 5.74) is 6.22. The van der Waals surface area contributed by atoms with Crippen LogP contribution >= 0.6 is 0 Å². The first-order chi connectivity index (χ1) is 12.4. The van der Waals surface area contributed by atoms with Gasteiger partial charge >= 0.3 is 0 Å². The number of benzene rings is 4. The van der Waals surface area contributed by atoms with Gasteiger partial charge in [0.1, 0.15) is 0 Å². The van der Waals surface area contributed by atoms with E-state index in [-0.39, 0.29) is 0 Å². The van der Waals surface area contributed by atoms with Crippen molar-refractivity contribution in [2.45, 2.75) is 0 Å². The molecule has 0 saturated heterocycles. The Morgan fingerprint density at radius 1 is 0.480 bits per heavy atom. The molecule has 0 saturated carbocycles. The van der Waals surface area contributed by atoms with Crippen LogP contribution in [0, 0.1) is 0 Å². The van der Waals surface area contributed by atoms with Gasteiger partial charge in [0.2, 0.25) is 0 Å². The minimum absolute atomic E-state index is 1.19. The van der Waals surface area contributed by atoms with Gasteiger partial charge in [0.05, 0.1) is 11.0 Å². The average molecular weight is 319 g/mol. The van der Waals surface area contributed by atoms with Crippen LogP contribution in [-0.2, 0) is 0 Å². The molecule has 0 aliphatic carbocycles. The number of nitrogens with zero attached hydrogens (tertiary/aromatic N) is 1. The Kier molecular flexibility index (Phi) is 3.17. The molecule has 0 fully saturated rings. The molecule has 0 N–H and O–H groups in total. The molecule has 0 aliphatic rings. The van der Waals surface area contributed by atoms with Gasteiger partial charge in [-0.25, -0.2) is 0 Å². The van der Waals surface area contributed by atoms with Crippen LogP contribution in [0.4, 0.5) is 0 Å². The van der Waals surface area contributed by atoms with Crippen molar-refractivity contribution in [2.24, 2.45) is 0 Å². The van der Waals surface area contributed by atoms with E-state index in [2.05, 4.69) is 108 Å². The molecular formula is C24H17N. The summed E-state index contributed by atoms with van der Waals surface area (Å²) in [5, 5.41) is 2.61. The molecule has 1 aromatic heterocycles. The van der Waals surface area contributed by atoms with E-state index in [4.69, 9.17) is 0 Å². The zero-order valence-corrected chi connectivity index (χ0v) is 13.8. The molecule has 0 spiro atoms. The molecule has 5 aromatic rings. The molecule has 0 atom stereocenters. The van der Waals surface area contributed by atoms with Crippen LogP contribution in [0.15, 0.2) is 103 Å². The Morgan fingerprint density at radius 3 is 1.92 bits per heavy atom. The van der Waals surface area contributed by atoms with Gasteiger partial charge in [-0.2, -0.15) is 0 Å². The third-order valence-corrected chi connectivity index (χ3v) is 4.80. The number of hydrogen-bond acceptors (Lipinski definition) is 0. The molecule has 0 radical (unpaired) electrons. The van der Waals surface area contributed by atoms with Crippen LogP contribution in [0.5, 0.6) is 0 Å². The molecule has 1 heterocycles. The van der Waals surface area contributed by atoms with E-state index in [0.717, 1.165) is 0 Å². The summed E-state index contributed by atoms with van der Waals surface area (Å²) < 4.78 is 2.36. The predicted octanol–water partition coefficient (Wildman–Crippen LogP) is 6.45. The van der Waals surface area contributed by atoms with Crippen LogP contribution < -0.4 is 0 Å². The molecule has 0 aliphatic heterocycles. The van der Waals surface area contributed by atoms with Crippen molar-refractivity contribution in [1.82, 2.24) is 4.57 Å². The second-order valence-electron chi connectivity index (χ2n) is 6.25. The summed E-state index contributed by atoms with van der Waals surface area (Å²) in [6.45, 7) is 0. The third-order valence-electron chi connectivity index (χ3n) is 4.80. The van der Waals surface area contributed by atoms with E-state index in [0.29, 0.717) is 0 Å². The quantitative estimate of drug-likeness (QED) is 0.352. The van der Waals surface area contributed by atoms with Gasteiger partial charge in [-0.1, -0.05) is 78.9 Å². The molecule has 1 nitrogen and oxygen atoms in total. The van der Waals surface area contributed by atoms with Crippen molar-refractivity contribution in [1.29, 1.82) is 0 Å². The standard InChI is InChI=1S/C24H17N/c1-3-10-18(11-4-1)20-15-9-17-23-24(20)21-14-7-8-16-22(21)25(23)19-12-5-2-6-13-19/h1-17H. The van der Waals surface area contributed by atoms with Crippen molar-refractivity contribution < 1.29 is 0 Å². The predicted molar refractivity (Wildman–Crippen MR) is 106 cm³/mol. The average Bonchev–Trinajstić information content (AvgIpc) is 3.04. The highest BCUT2D eigenvalue weighted by atomic mass is 15.0. The Bertz CT molecular complexity index is 1170. The summed E-state index contributed by atoms with van der Waals surface area (Å²) >= 11 is 0. The first-order valence-electron chi connectivity index (χ1n) is 8.56. The molecule has 1 heteroatoms. The fourth-order valence-electron chi connectivity index (χ4n) is 3.73. The van der Waals surface area contributed by atoms with E-state index in [9.17, 15) is 0 Å². The zero-order chi connectivity index (χ0) is 16.6. The van der Waals surface area contributed by atoms with E-state index >= 15 is 0 Å². The van der Waals surface area contributed by atoms with Crippen molar-refractivity contribution in [2.75, 3.05) is 0 Å². The minimum Gasteiger partial charge on any atom is -0.309 e. The third kappa shape index (κ3) is 2.17. The maximum Gasteiger partial charge on any atom is 0.0547 e. The van der Waals surface area contributed by atoms with E-state index in [1.807, 2.05) is 0 Å². The van der Waals surface area contributed by atoms with Crippen LogP contribution in [0.2, 0.25) is 0 Å². The van der Waals surface area contributed by atoms with Crippen LogP contribution in [-0.4, -0.2) is 4.57 Å². The second-order valence-corrected chi connectivity index (χ2v) is 6.25. The fourth-order valence-corrected chi connectivity index (χ4v) is 3.73. The summed E-state index contributed by atoms with van der Waals surface area (Å²) in [6, 6.07) is 36.5. The van der Waals surface area contributed by atoms with Crippen molar-refractivity contribution in [3.05, 3.63) is 103 Å². The van der Waals surface area contributed by atoms with Crippen molar-refractivity contribution in [3.63, 3.8) is 0 Å². The summed E-state index contributed by atoms with van der Waals surface area (Å²) in [4.78, 5) is 0. The van der Waals surface area contributed by atoms with Crippen LogP contribution in [0.1, 0.15) is 0 Å². The van der Waals surface area contributed by atoms with Gasteiger partial charge in [-0.3, -0.25) is 0 Å². The first kappa shape index (κ1) is 14.1. The lowest BCUT2D eigenvalue weighted by Crippen LogP contribution is -1.92.